The van der Waals surface area contributed by atoms with E-state index in [1.807, 2.05) is 6.07 Å². The molecule has 0 bridgehead atoms. The maximum atomic E-state index is 12.9. The zero-order valence-corrected chi connectivity index (χ0v) is 35.2. The lowest BCUT2D eigenvalue weighted by atomic mass is 9.87. The van der Waals surface area contributed by atoms with Gasteiger partial charge in [-0.2, -0.15) is 8.42 Å². The SMILES string of the molecule is CCCCCCCCCCCCCC(C(CCCCCCCCCCC)c1ccccc1S(=O)(=O)O)[P+](CCCC)(CCCC)CCCC. The molecule has 1 aromatic rings. The minimum Gasteiger partial charge on any atom is -0.282 e. The fourth-order valence-electron chi connectivity index (χ4n) is 8.38. The van der Waals surface area contributed by atoms with Gasteiger partial charge in [0.2, 0.25) is 0 Å². The summed E-state index contributed by atoms with van der Waals surface area (Å²) in [6.07, 6.45) is 40.5. The fourth-order valence-corrected chi connectivity index (χ4v) is 15.5. The molecular formula is C44H84O3PS+. The van der Waals surface area contributed by atoms with Crippen LogP contribution in [0.4, 0.5) is 0 Å². The van der Waals surface area contributed by atoms with E-state index in [9.17, 15) is 13.0 Å². The van der Waals surface area contributed by atoms with Crippen molar-refractivity contribution < 1.29 is 13.0 Å². The molecule has 0 amide bonds. The van der Waals surface area contributed by atoms with Crippen molar-refractivity contribution in [2.45, 2.75) is 231 Å². The first-order chi connectivity index (χ1) is 23.8. The van der Waals surface area contributed by atoms with E-state index < -0.39 is 17.4 Å². The molecule has 0 aliphatic carbocycles. The standard InChI is InChI=1S/C44H83O3PS/c1-6-11-16-18-20-22-23-25-27-29-31-36-43(48(38-13-8-3,39-14-9-4)40-15-10-5)41(34-30-28-26-24-21-19-17-12-7-2)42-35-32-33-37-44(42)49(45,46)47/h32-33,35,37,41,43H,6-31,34,36,38-40H2,1-5H3/p+1. The van der Waals surface area contributed by atoms with Crippen molar-refractivity contribution >= 4 is 17.4 Å². The van der Waals surface area contributed by atoms with E-state index in [4.69, 9.17) is 0 Å². The Morgan fingerprint density at radius 3 is 1.22 bits per heavy atom. The van der Waals surface area contributed by atoms with Crippen molar-refractivity contribution in [1.82, 2.24) is 0 Å². The molecule has 0 saturated heterocycles. The normalized spacial score (nSPS) is 13.6. The molecule has 0 heterocycles. The Bertz CT molecular complexity index is 972. The third-order valence-electron chi connectivity index (χ3n) is 11.4. The maximum absolute atomic E-state index is 12.9. The molecule has 0 saturated carbocycles. The zero-order valence-electron chi connectivity index (χ0n) is 33.5. The summed E-state index contributed by atoms with van der Waals surface area (Å²) in [6.45, 7) is 11.6. The number of unbranched alkanes of at least 4 members (excludes halogenated alkanes) is 21. The molecule has 2 atom stereocenters. The van der Waals surface area contributed by atoms with Gasteiger partial charge in [-0.25, -0.2) is 0 Å². The second-order valence-electron chi connectivity index (χ2n) is 15.6. The van der Waals surface area contributed by atoms with Gasteiger partial charge in [-0.05, 0) is 50.2 Å². The third kappa shape index (κ3) is 20.4. The van der Waals surface area contributed by atoms with Crippen LogP contribution in [0.2, 0.25) is 0 Å². The molecule has 0 spiro atoms. The van der Waals surface area contributed by atoms with Crippen LogP contribution in [0.5, 0.6) is 0 Å². The molecule has 1 N–H and O–H groups in total. The van der Waals surface area contributed by atoms with Crippen LogP contribution < -0.4 is 0 Å². The average Bonchev–Trinajstić information content (AvgIpc) is 3.10. The van der Waals surface area contributed by atoms with E-state index in [0.29, 0.717) is 5.66 Å². The Hall–Kier alpha value is -0.440. The van der Waals surface area contributed by atoms with Crippen LogP contribution in [0.25, 0.3) is 0 Å². The predicted molar refractivity (Wildman–Crippen MR) is 222 cm³/mol. The van der Waals surface area contributed by atoms with Crippen LogP contribution in [0.15, 0.2) is 29.2 Å². The van der Waals surface area contributed by atoms with Gasteiger partial charge in [-0.3, -0.25) is 4.55 Å². The van der Waals surface area contributed by atoms with Crippen molar-refractivity contribution in [1.29, 1.82) is 0 Å². The van der Waals surface area contributed by atoms with Crippen molar-refractivity contribution in [2.75, 3.05) is 18.5 Å². The Balaban J connectivity index is 3.32. The minimum absolute atomic E-state index is 0.180. The van der Waals surface area contributed by atoms with E-state index >= 15 is 0 Å². The van der Waals surface area contributed by atoms with Gasteiger partial charge < -0.3 is 0 Å². The summed E-state index contributed by atoms with van der Waals surface area (Å²) in [5, 5.41) is 0. The summed E-state index contributed by atoms with van der Waals surface area (Å²) >= 11 is 0. The molecular weight excluding hydrogens is 640 g/mol. The van der Waals surface area contributed by atoms with Crippen LogP contribution >= 0.6 is 7.26 Å². The molecule has 0 aliphatic heterocycles. The first-order valence-corrected chi connectivity index (χ1v) is 25.6. The summed E-state index contributed by atoms with van der Waals surface area (Å²) in [7, 11) is -5.68. The van der Waals surface area contributed by atoms with Crippen molar-refractivity contribution in [3.05, 3.63) is 29.8 Å². The molecule has 1 rings (SSSR count). The molecule has 0 radical (unpaired) electrons. The average molecular weight is 724 g/mol. The lowest BCUT2D eigenvalue weighted by Crippen LogP contribution is -2.30. The van der Waals surface area contributed by atoms with Gasteiger partial charge in [0, 0.05) is 13.2 Å². The van der Waals surface area contributed by atoms with Gasteiger partial charge in [0.05, 0.1) is 29.0 Å². The minimum atomic E-state index is -4.29. The Morgan fingerprint density at radius 1 is 0.490 bits per heavy atom. The second-order valence-corrected chi connectivity index (χ2v) is 21.4. The van der Waals surface area contributed by atoms with Crippen molar-refractivity contribution in [2.24, 2.45) is 0 Å². The smallest absolute Gasteiger partial charge is 0.282 e. The van der Waals surface area contributed by atoms with E-state index in [0.717, 1.165) is 18.4 Å². The van der Waals surface area contributed by atoms with Gasteiger partial charge in [0.1, 0.15) is 0 Å². The Morgan fingerprint density at radius 2 is 0.837 bits per heavy atom. The van der Waals surface area contributed by atoms with Crippen LogP contribution in [0.1, 0.15) is 226 Å². The molecule has 2 unspecified atom stereocenters. The highest BCUT2D eigenvalue weighted by molar-refractivity contribution is 7.86. The van der Waals surface area contributed by atoms with Crippen LogP contribution in [-0.2, 0) is 10.1 Å². The molecule has 288 valence electrons. The number of benzene rings is 1. The number of hydrogen-bond donors (Lipinski definition) is 1. The molecule has 1 aromatic carbocycles. The number of rotatable bonds is 35. The van der Waals surface area contributed by atoms with Gasteiger partial charge in [0.25, 0.3) is 10.1 Å². The molecule has 0 aromatic heterocycles. The third-order valence-corrected chi connectivity index (χ3v) is 17.9. The first kappa shape index (κ1) is 46.6. The van der Waals surface area contributed by atoms with Crippen LogP contribution in [0, 0.1) is 0 Å². The monoisotopic (exact) mass is 724 g/mol. The highest BCUT2D eigenvalue weighted by Gasteiger charge is 2.48. The molecule has 0 fully saturated rings. The van der Waals surface area contributed by atoms with Crippen molar-refractivity contribution in [3.8, 4) is 0 Å². The molecule has 3 nitrogen and oxygen atoms in total. The molecule has 0 aliphatic rings. The van der Waals surface area contributed by atoms with E-state index in [1.165, 1.54) is 185 Å². The van der Waals surface area contributed by atoms with E-state index in [1.54, 1.807) is 12.1 Å². The topological polar surface area (TPSA) is 54.4 Å². The second kappa shape index (κ2) is 30.1. The highest BCUT2D eigenvalue weighted by Crippen LogP contribution is 2.69. The number of hydrogen-bond acceptors (Lipinski definition) is 2. The summed E-state index contributed by atoms with van der Waals surface area (Å²) in [5.41, 5.74) is 1.47. The Labute approximate surface area is 308 Å². The molecule has 5 heteroatoms. The van der Waals surface area contributed by atoms with Crippen molar-refractivity contribution in [3.63, 3.8) is 0 Å². The predicted octanol–water partition coefficient (Wildman–Crippen LogP) is 15.4. The van der Waals surface area contributed by atoms with Crippen LogP contribution in [-0.4, -0.2) is 37.1 Å². The molecule has 49 heavy (non-hydrogen) atoms. The van der Waals surface area contributed by atoms with Gasteiger partial charge in [0.15, 0.2) is 0 Å². The van der Waals surface area contributed by atoms with Gasteiger partial charge >= 0.3 is 0 Å². The highest BCUT2D eigenvalue weighted by atomic mass is 32.2. The quantitative estimate of drug-likeness (QED) is 0.0431. The summed E-state index contributed by atoms with van der Waals surface area (Å²) in [4.78, 5) is 0.180. The lowest BCUT2D eigenvalue weighted by molar-refractivity contribution is 0.465. The van der Waals surface area contributed by atoms with Gasteiger partial charge in [-0.1, -0.05) is 194 Å². The summed E-state index contributed by atoms with van der Waals surface area (Å²) < 4.78 is 36.3. The maximum Gasteiger partial charge on any atom is 0.294 e. The largest absolute Gasteiger partial charge is 0.294 e. The first-order valence-electron chi connectivity index (χ1n) is 21.7. The van der Waals surface area contributed by atoms with E-state index in [2.05, 4.69) is 40.7 Å². The van der Waals surface area contributed by atoms with E-state index in [-0.39, 0.29) is 10.8 Å². The summed E-state index contributed by atoms with van der Waals surface area (Å²) in [5.74, 6) is 0.213. The fraction of sp³-hybridized carbons (Fsp3) is 0.864. The lowest BCUT2D eigenvalue weighted by Gasteiger charge is -2.41. The van der Waals surface area contributed by atoms with Crippen LogP contribution in [0.3, 0.4) is 0 Å². The summed E-state index contributed by atoms with van der Waals surface area (Å²) in [6, 6.07) is 7.58. The Kier molecular flexibility index (Phi) is 28.6. The zero-order chi connectivity index (χ0) is 36.1. The van der Waals surface area contributed by atoms with Gasteiger partial charge in [-0.15, -0.1) is 0 Å².